The molecule has 0 aliphatic carbocycles. The number of aryl methyl sites for hydroxylation is 1. The van der Waals surface area contributed by atoms with Gasteiger partial charge in [0.15, 0.2) is 0 Å². The number of benzene rings is 1. The molecule has 0 amide bonds. The smallest absolute Gasteiger partial charge is 0.124 e. The molecular formula is C13H15NOS. The molecule has 2 N–H and O–H groups in total. The average molecular weight is 233 g/mol. The van der Waals surface area contributed by atoms with Crippen LogP contribution in [0.25, 0.3) is 0 Å². The Morgan fingerprint density at radius 1 is 1.19 bits per heavy atom. The topological polar surface area (TPSA) is 35.2 Å². The Labute approximate surface area is 99.7 Å². The predicted molar refractivity (Wildman–Crippen MR) is 68.1 cm³/mol. The van der Waals surface area contributed by atoms with Crippen LogP contribution < -0.4 is 10.5 Å². The summed E-state index contributed by atoms with van der Waals surface area (Å²) in [6.07, 6.45) is 0. The van der Waals surface area contributed by atoms with E-state index in [-0.39, 0.29) is 6.04 Å². The monoisotopic (exact) mass is 233 g/mol. The van der Waals surface area contributed by atoms with Gasteiger partial charge >= 0.3 is 0 Å². The maximum atomic E-state index is 6.24. The third kappa shape index (κ3) is 2.10. The van der Waals surface area contributed by atoms with E-state index in [4.69, 9.17) is 10.5 Å². The molecule has 0 saturated heterocycles. The number of hydrogen-bond acceptors (Lipinski definition) is 3. The van der Waals surface area contributed by atoms with Crippen LogP contribution in [0.15, 0.2) is 36.4 Å². The van der Waals surface area contributed by atoms with E-state index in [2.05, 4.69) is 19.1 Å². The van der Waals surface area contributed by atoms with Crippen LogP contribution in [0.5, 0.6) is 5.75 Å². The van der Waals surface area contributed by atoms with Crippen molar-refractivity contribution in [2.24, 2.45) is 5.73 Å². The average Bonchev–Trinajstić information content (AvgIpc) is 2.75. The van der Waals surface area contributed by atoms with E-state index in [9.17, 15) is 0 Å². The fourth-order valence-electron chi connectivity index (χ4n) is 1.70. The van der Waals surface area contributed by atoms with Gasteiger partial charge in [-0.05, 0) is 25.1 Å². The van der Waals surface area contributed by atoms with Crippen molar-refractivity contribution in [1.29, 1.82) is 0 Å². The van der Waals surface area contributed by atoms with Gasteiger partial charge < -0.3 is 10.5 Å². The molecule has 1 aromatic heterocycles. The van der Waals surface area contributed by atoms with Gasteiger partial charge in [-0.15, -0.1) is 11.3 Å². The van der Waals surface area contributed by atoms with Crippen LogP contribution >= 0.6 is 11.3 Å². The van der Waals surface area contributed by atoms with Gasteiger partial charge in [-0.25, -0.2) is 0 Å². The second-order valence-electron chi connectivity index (χ2n) is 3.67. The second kappa shape index (κ2) is 4.68. The van der Waals surface area contributed by atoms with E-state index in [1.54, 1.807) is 18.4 Å². The highest BCUT2D eigenvalue weighted by Gasteiger charge is 2.14. The van der Waals surface area contributed by atoms with Crippen molar-refractivity contribution in [3.63, 3.8) is 0 Å². The molecule has 16 heavy (non-hydrogen) atoms. The van der Waals surface area contributed by atoms with Crippen LogP contribution in [-0.4, -0.2) is 7.11 Å². The standard InChI is InChI=1S/C13H15NOS/c1-9-7-8-12(16-9)13(14)10-5-3-4-6-11(10)15-2/h3-8,13H,14H2,1-2H3. The largest absolute Gasteiger partial charge is 0.496 e. The number of nitrogens with two attached hydrogens (primary N) is 1. The number of hydrogen-bond donors (Lipinski definition) is 1. The quantitative estimate of drug-likeness (QED) is 0.884. The predicted octanol–water partition coefficient (Wildman–Crippen LogP) is 3.11. The van der Waals surface area contributed by atoms with Gasteiger partial charge in [-0.2, -0.15) is 0 Å². The molecule has 0 fully saturated rings. The van der Waals surface area contributed by atoms with Crippen LogP contribution in [0.1, 0.15) is 21.4 Å². The molecule has 0 saturated carbocycles. The highest BCUT2D eigenvalue weighted by molar-refractivity contribution is 7.12. The van der Waals surface area contributed by atoms with Crippen molar-refractivity contribution >= 4 is 11.3 Å². The summed E-state index contributed by atoms with van der Waals surface area (Å²) in [7, 11) is 1.67. The van der Waals surface area contributed by atoms with Gasteiger partial charge in [0, 0.05) is 15.3 Å². The zero-order valence-electron chi connectivity index (χ0n) is 9.44. The Morgan fingerprint density at radius 2 is 1.94 bits per heavy atom. The summed E-state index contributed by atoms with van der Waals surface area (Å²) in [5, 5.41) is 0. The molecule has 2 nitrogen and oxygen atoms in total. The van der Waals surface area contributed by atoms with Crippen molar-refractivity contribution in [3.05, 3.63) is 51.7 Å². The highest BCUT2D eigenvalue weighted by atomic mass is 32.1. The zero-order chi connectivity index (χ0) is 11.5. The second-order valence-corrected chi connectivity index (χ2v) is 4.99. The highest BCUT2D eigenvalue weighted by Crippen LogP contribution is 2.31. The molecule has 3 heteroatoms. The lowest BCUT2D eigenvalue weighted by molar-refractivity contribution is 0.408. The van der Waals surface area contributed by atoms with Gasteiger partial charge in [0.2, 0.25) is 0 Å². The molecular weight excluding hydrogens is 218 g/mol. The molecule has 2 rings (SSSR count). The summed E-state index contributed by atoms with van der Waals surface area (Å²) in [6.45, 7) is 2.09. The van der Waals surface area contributed by atoms with Crippen LogP contribution in [0.3, 0.4) is 0 Å². The van der Waals surface area contributed by atoms with Gasteiger partial charge in [-0.3, -0.25) is 0 Å². The minimum atomic E-state index is -0.102. The minimum Gasteiger partial charge on any atom is -0.496 e. The van der Waals surface area contributed by atoms with E-state index in [0.717, 1.165) is 11.3 Å². The first kappa shape index (κ1) is 11.2. The Balaban J connectivity index is 2.36. The van der Waals surface area contributed by atoms with Crippen molar-refractivity contribution in [2.45, 2.75) is 13.0 Å². The van der Waals surface area contributed by atoms with Gasteiger partial charge in [0.05, 0.1) is 13.2 Å². The fraction of sp³-hybridized carbons (Fsp3) is 0.231. The molecule has 1 atom stereocenters. The first-order valence-electron chi connectivity index (χ1n) is 5.17. The molecule has 1 heterocycles. The van der Waals surface area contributed by atoms with E-state index < -0.39 is 0 Å². The lowest BCUT2D eigenvalue weighted by Gasteiger charge is -2.13. The molecule has 0 aliphatic heterocycles. The van der Waals surface area contributed by atoms with E-state index >= 15 is 0 Å². The molecule has 2 aromatic rings. The normalized spacial score (nSPS) is 12.4. The molecule has 1 aromatic carbocycles. The molecule has 1 unspecified atom stereocenters. The molecule has 0 spiro atoms. The number of ether oxygens (including phenoxy) is 1. The van der Waals surface area contributed by atoms with Gasteiger partial charge in [0.1, 0.15) is 5.75 Å². The Kier molecular flexibility index (Phi) is 3.27. The lowest BCUT2D eigenvalue weighted by Crippen LogP contribution is -2.11. The van der Waals surface area contributed by atoms with Gasteiger partial charge in [0.25, 0.3) is 0 Å². The summed E-state index contributed by atoms with van der Waals surface area (Å²) in [6, 6.07) is 12.0. The molecule has 84 valence electrons. The SMILES string of the molecule is COc1ccccc1C(N)c1ccc(C)s1. The Hall–Kier alpha value is -1.32. The maximum absolute atomic E-state index is 6.24. The number of rotatable bonds is 3. The summed E-state index contributed by atoms with van der Waals surface area (Å²) in [5.41, 5.74) is 7.27. The van der Waals surface area contributed by atoms with Crippen molar-refractivity contribution in [2.75, 3.05) is 7.11 Å². The van der Waals surface area contributed by atoms with E-state index in [1.165, 1.54) is 9.75 Å². The zero-order valence-corrected chi connectivity index (χ0v) is 10.3. The third-order valence-corrected chi connectivity index (χ3v) is 3.63. The van der Waals surface area contributed by atoms with Crippen molar-refractivity contribution in [3.8, 4) is 5.75 Å². The summed E-state index contributed by atoms with van der Waals surface area (Å²) >= 11 is 1.73. The maximum Gasteiger partial charge on any atom is 0.124 e. The van der Waals surface area contributed by atoms with Crippen molar-refractivity contribution < 1.29 is 4.74 Å². The molecule has 0 radical (unpaired) electrons. The molecule has 0 aliphatic rings. The van der Waals surface area contributed by atoms with E-state index in [1.807, 2.05) is 24.3 Å². The van der Waals surface area contributed by atoms with Gasteiger partial charge in [-0.1, -0.05) is 18.2 Å². The van der Waals surface area contributed by atoms with Crippen LogP contribution in [0.4, 0.5) is 0 Å². The summed E-state index contributed by atoms with van der Waals surface area (Å²) < 4.78 is 5.32. The summed E-state index contributed by atoms with van der Waals surface area (Å²) in [5.74, 6) is 0.848. The Bertz CT molecular complexity index is 478. The fourth-order valence-corrected chi connectivity index (χ4v) is 2.60. The van der Waals surface area contributed by atoms with Crippen LogP contribution in [-0.2, 0) is 0 Å². The number of para-hydroxylation sites is 1. The van der Waals surface area contributed by atoms with E-state index in [0.29, 0.717) is 0 Å². The van der Waals surface area contributed by atoms with Crippen molar-refractivity contribution in [1.82, 2.24) is 0 Å². The first-order valence-corrected chi connectivity index (χ1v) is 5.99. The Morgan fingerprint density at radius 3 is 2.56 bits per heavy atom. The molecule has 0 bridgehead atoms. The summed E-state index contributed by atoms with van der Waals surface area (Å²) in [4.78, 5) is 2.45. The number of thiophene rings is 1. The van der Waals surface area contributed by atoms with Crippen LogP contribution in [0.2, 0.25) is 0 Å². The first-order chi connectivity index (χ1) is 7.72. The van der Waals surface area contributed by atoms with Crippen LogP contribution in [0, 0.1) is 6.92 Å². The number of methoxy groups -OCH3 is 1. The lowest BCUT2D eigenvalue weighted by atomic mass is 10.1. The third-order valence-electron chi connectivity index (χ3n) is 2.54. The minimum absolute atomic E-state index is 0.102.